The SMILES string of the molecule is C[C@H](Br)C(=O)NCCNC(=O)[C@H](C)Br. The Morgan fingerprint density at radius 1 is 1.00 bits per heavy atom. The highest BCUT2D eigenvalue weighted by Gasteiger charge is 2.09. The zero-order valence-electron chi connectivity index (χ0n) is 8.14. The number of carbonyl (C=O) groups excluding carboxylic acids is 2. The smallest absolute Gasteiger partial charge is 0.233 e. The molecule has 0 unspecified atom stereocenters. The van der Waals surface area contributed by atoms with Crippen LogP contribution in [0.3, 0.4) is 0 Å². The zero-order valence-corrected chi connectivity index (χ0v) is 11.3. The van der Waals surface area contributed by atoms with E-state index < -0.39 is 0 Å². The van der Waals surface area contributed by atoms with Crippen molar-refractivity contribution in [2.24, 2.45) is 0 Å². The van der Waals surface area contributed by atoms with Crippen molar-refractivity contribution in [3.63, 3.8) is 0 Å². The number of halogens is 2. The summed E-state index contributed by atoms with van der Waals surface area (Å²) in [4.78, 5) is 21.7. The van der Waals surface area contributed by atoms with Crippen LogP contribution in [0.1, 0.15) is 13.8 Å². The third-order valence-corrected chi connectivity index (χ3v) is 2.28. The first kappa shape index (κ1) is 13.9. The second-order valence-electron chi connectivity index (χ2n) is 2.81. The van der Waals surface area contributed by atoms with E-state index >= 15 is 0 Å². The van der Waals surface area contributed by atoms with Crippen LogP contribution < -0.4 is 10.6 Å². The highest BCUT2D eigenvalue weighted by molar-refractivity contribution is 9.10. The average Bonchev–Trinajstić information content (AvgIpc) is 2.11. The summed E-state index contributed by atoms with van der Waals surface area (Å²) in [6, 6.07) is 0. The van der Waals surface area contributed by atoms with Crippen LogP contribution in [-0.2, 0) is 9.59 Å². The van der Waals surface area contributed by atoms with Crippen LogP contribution >= 0.6 is 31.9 Å². The molecule has 0 saturated heterocycles. The highest BCUT2D eigenvalue weighted by Crippen LogP contribution is 1.96. The second-order valence-corrected chi connectivity index (χ2v) is 5.56. The van der Waals surface area contributed by atoms with Gasteiger partial charge in [0.1, 0.15) is 0 Å². The van der Waals surface area contributed by atoms with Gasteiger partial charge in [-0.1, -0.05) is 31.9 Å². The molecule has 0 heterocycles. The van der Waals surface area contributed by atoms with Crippen molar-refractivity contribution < 1.29 is 9.59 Å². The number of alkyl halides is 2. The number of carbonyl (C=O) groups is 2. The van der Waals surface area contributed by atoms with Gasteiger partial charge in [0.15, 0.2) is 0 Å². The van der Waals surface area contributed by atoms with Crippen molar-refractivity contribution in [2.45, 2.75) is 23.5 Å². The van der Waals surface area contributed by atoms with E-state index in [9.17, 15) is 9.59 Å². The van der Waals surface area contributed by atoms with Gasteiger partial charge in [-0.25, -0.2) is 0 Å². The van der Waals surface area contributed by atoms with Crippen molar-refractivity contribution in [3.05, 3.63) is 0 Å². The van der Waals surface area contributed by atoms with E-state index in [-0.39, 0.29) is 21.5 Å². The fraction of sp³-hybridized carbons (Fsp3) is 0.750. The molecule has 0 bridgehead atoms. The Hall–Kier alpha value is -0.100. The van der Waals surface area contributed by atoms with Crippen LogP contribution in [0, 0.1) is 0 Å². The molecule has 0 aliphatic carbocycles. The van der Waals surface area contributed by atoms with E-state index in [1.807, 2.05) is 0 Å². The van der Waals surface area contributed by atoms with Crippen molar-refractivity contribution >= 4 is 43.7 Å². The number of hydrogen-bond donors (Lipinski definition) is 2. The Labute approximate surface area is 100 Å². The maximum absolute atomic E-state index is 11.0. The topological polar surface area (TPSA) is 58.2 Å². The summed E-state index contributed by atoms with van der Waals surface area (Å²) in [7, 11) is 0. The lowest BCUT2D eigenvalue weighted by Gasteiger charge is -2.08. The molecular weight excluding hydrogens is 316 g/mol. The zero-order chi connectivity index (χ0) is 11.1. The first-order valence-corrected chi connectivity index (χ1v) is 6.12. The lowest BCUT2D eigenvalue weighted by molar-refractivity contribution is -0.121. The Morgan fingerprint density at radius 2 is 1.29 bits per heavy atom. The van der Waals surface area contributed by atoms with Crippen molar-refractivity contribution in [1.29, 1.82) is 0 Å². The summed E-state index contributed by atoms with van der Waals surface area (Å²) < 4.78 is 0. The summed E-state index contributed by atoms with van der Waals surface area (Å²) in [6.45, 7) is 4.38. The summed E-state index contributed by atoms with van der Waals surface area (Å²) in [5.41, 5.74) is 0. The number of rotatable bonds is 5. The Bertz CT molecular complexity index is 186. The van der Waals surface area contributed by atoms with Crippen LogP contribution in [0.5, 0.6) is 0 Å². The predicted molar refractivity (Wildman–Crippen MR) is 62.8 cm³/mol. The molecule has 0 radical (unpaired) electrons. The molecule has 0 saturated carbocycles. The molecule has 0 aliphatic heterocycles. The lowest BCUT2D eigenvalue weighted by Crippen LogP contribution is -2.38. The first-order valence-electron chi connectivity index (χ1n) is 4.28. The van der Waals surface area contributed by atoms with Gasteiger partial charge < -0.3 is 10.6 Å². The van der Waals surface area contributed by atoms with Crippen molar-refractivity contribution in [3.8, 4) is 0 Å². The van der Waals surface area contributed by atoms with E-state index in [4.69, 9.17) is 0 Å². The van der Waals surface area contributed by atoms with Crippen molar-refractivity contribution in [2.75, 3.05) is 13.1 Å². The Balaban J connectivity index is 3.48. The maximum Gasteiger partial charge on any atom is 0.233 e. The molecule has 0 aromatic heterocycles. The Kier molecular flexibility index (Phi) is 7.17. The molecule has 82 valence electrons. The summed E-state index contributed by atoms with van der Waals surface area (Å²) >= 11 is 6.27. The Morgan fingerprint density at radius 3 is 1.50 bits per heavy atom. The molecule has 2 amide bonds. The summed E-state index contributed by atoms with van der Waals surface area (Å²) in [5.74, 6) is -0.155. The van der Waals surface area contributed by atoms with E-state index in [0.29, 0.717) is 13.1 Å². The standard InChI is InChI=1S/C8H14Br2N2O2/c1-5(9)7(13)11-3-4-12-8(14)6(2)10/h5-6H,3-4H2,1-2H3,(H,11,13)(H,12,14)/t5-,6-/m0/s1. The van der Waals surface area contributed by atoms with Gasteiger partial charge in [-0.05, 0) is 13.8 Å². The van der Waals surface area contributed by atoms with Gasteiger partial charge >= 0.3 is 0 Å². The molecule has 4 nitrogen and oxygen atoms in total. The van der Waals surface area contributed by atoms with Crippen molar-refractivity contribution in [1.82, 2.24) is 10.6 Å². The normalized spacial score (nSPS) is 14.3. The lowest BCUT2D eigenvalue weighted by atomic mass is 10.4. The average molecular weight is 330 g/mol. The molecule has 0 aromatic carbocycles. The summed E-state index contributed by atoms with van der Waals surface area (Å²) in [6.07, 6.45) is 0. The monoisotopic (exact) mass is 328 g/mol. The molecule has 0 aliphatic rings. The van der Waals surface area contributed by atoms with Gasteiger partial charge in [0.05, 0.1) is 9.65 Å². The molecule has 2 N–H and O–H groups in total. The molecule has 0 aromatic rings. The summed E-state index contributed by atoms with van der Waals surface area (Å²) in [5, 5.41) is 5.32. The van der Waals surface area contributed by atoms with Gasteiger partial charge in [-0.3, -0.25) is 9.59 Å². The number of hydrogen-bond acceptors (Lipinski definition) is 2. The van der Waals surface area contributed by atoms with E-state index in [0.717, 1.165) is 0 Å². The largest absolute Gasteiger partial charge is 0.353 e. The highest BCUT2D eigenvalue weighted by atomic mass is 79.9. The van der Waals surface area contributed by atoms with Gasteiger partial charge in [-0.15, -0.1) is 0 Å². The van der Waals surface area contributed by atoms with Gasteiger partial charge in [0, 0.05) is 13.1 Å². The van der Waals surface area contributed by atoms with Gasteiger partial charge in [-0.2, -0.15) is 0 Å². The third kappa shape index (κ3) is 6.37. The predicted octanol–water partition coefficient (Wildman–Crippen LogP) is 0.786. The first-order chi connectivity index (χ1) is 6.45. The fourth-order valence-corrected chi connectivity index (χ4v) is 0.976. The molecule has 2 atom stereocenters. The third-order valence-electron chi connectivity index (χ3n) is 1.45. The minimum absolute atomic E-state index is 0.0776. The van der Waals surface area contributed by atoms with Crippen LogP contribution in [0.25, 0.3) is 0 Å². The van der Waals surface area contributed by atoms with E-state index in [2.05, 4.69) is 42.5 Å². The van der Waals surface area contributed by atoms with Gasteiger partial charge in [0.25, 0.3) is 0 Å². The van der Waals surface area contributed by atoms with E-state index in [1.165, 1.54) is 0 Å². The molecule has 0 rings (SSSR count). The minimum atomic E-state index is -0.201. The molecule has 0 spiro atoms. The van der Waals surface area contributed by atoms with Gasteiger partial charge in [0.2, 0.25) is 11.8 Å². The van der Waals surface area contributed by atoms with Crippen LogP contribution in [0.2, 0.25) is 0 Å². The minimum Gasteiger partial charge on any atom is -0.353 e. The second kappa shape index (κ2) is 7.23. The number of amides is 2. The van der Waals surface area contributed by atoms with E-state index in [1.54, 1.807) is 13.8 Å². The van der Waals surface area contributed by atoms with Crippen LogP contribution in [0.4, 0.5) is 0 Å². The quantitative estimate of drug-likeness (QED) is 0.578. The maximum atomic E-state index is 11.0. The molecule has 6 heteroatoms. The molecular formula is C8H14Br2N2O2. The molecule has 14 heavy (non-hydrogen) atoms. The molecule has 0 fully saturated rings. The van der Waals surface area contributed by atoms with Crippen LogP contribution in [0.15, 0.2) is 0 Å². The number of nitrogens with one attached hydrogen (secondary N) is 2. The fourth-order valence-electron chi connectivity index (χ4n) is 0.653. The van der Waals surface area contributed by atoms with Crippen LogP contribution in [-0.4, -0.2) is 34.6 Å².